The van der Waals surface area contributed by atoms with Crippen LogP contribution in [0.5, 0.6) is 11.5 Å². The lowest BCUT2D eigenvalue weighted by Gasteiger charge is -2.29. The summed E-state index contributed by atoms with van der Waals surface area (Å²) < 4.78 is 16.8. The second-order valence-corrected chi connectivity index (χ2v) is 14.3. The maximum atomic E-state index is 13.5. The summed E-state index contributed by atoms with van der Waals surface area (Å²) in [6.07, 6.45) is 14.5. The Hall–Kier alpha value is -5.48. The van der Waals surface area contributed by atoms with Gasteiger partial charge in [0.15, 0.2) is 5.82 Å². The van der Waals surface area contributed by atoms with Crippen molar-refractivity contribution in [2.24, 2.45) is 11.0 Å². The molecule has 5 aromatic rings. The number of unbranched alkanes of at least 4 members (excludes halogenated alkanes) is 2. The number of nitrogens with one attached hydrogen (secondary N) is 1. The average molecular weight is 757 g/mol. The van der Waals surface area contributed by atoms with Crippen LogP contribution in [0.1, 0.15) is 85.2 Å². The van der Waals surface area contributed by atoms with Crippen LogP contribution in [-0.4, -0.2) is 47.3 Å². The molecular formula is C45H48N4O5S. The van der Waals surface area contributed by atoms with Crippen LogP contribution < -0.4 is 14.9 Å². The van der Waals surface area contributed by atoms with Crippen molar-refractivity contribution in [2.75, 3.05) is 24.4 Å². The number of benzene rings is 4. The summed E-state index contributed by atoms with van der Waals surface area (Å²) >= 11 is 4.37. The number of anilines is 1. The van der Waals surface area contributed by atoms with E-state index in [-0.39, 0.29) is 0 Å². The molecule has 1 aliphatic carbocycles. The summed E-state index contributed by atoms with van der Waals surface area (Å²) in [6.45, 7) is 4.25. The Labute approximate surface area is 328 Å². The Morgan fingerprint density at radius 1 is 0.873 bits per heavy atom. The summed E-state index contributed by atoms with van der Waals surface area (Å²) in [6, 6.07) is 29.1. The predicted octanol–water partition coefficient (Wildman–Crippen LogP) is 10.2. The molecule has 10 heteroatoms. The van der Waals surface area contributed by atoms with Crippen LogP contribution in [-0.2, 0) is 9.53 Å². The van der Waals surface area contributed by atoms with Crippen LogP contribution in [0.25, 0.3) is 21.9 Å². The zero-order valence-electron chi connectivity index (χ0n) is 31.1. The van der Waals surface area contributed by atoms with Crippen molar-refractivity contribution in [2.45, 2.75) is 63.7 Å². The Morgan fingerprint density at radius 2 is 1.62 bits per heavy atom. The first-order chi connectivity index (χ1) is 27.0. The second kappa shape index (κ2) is 20.3. The minimum atomic E-state index is -0.452. The Bertz CT molecular complexity index is 2060. The van der Waals surface area contributed by atoms with Crippen LogP contribution >= 0.6 is 12.6 Å². The number of hydrogen-bond acceptors (Lipinski definition) is 10. The normalized spacial score (nSPS) is 15.4. The third kappa shape index (κ3) is 11.3. The largest absolute Gasteiger partial charge is 0.494 e. The van der Waals surface area contributed by atoms with Gasteiger partial charge in [0, 0.05) is 22.4 Å². The van der Waals surface area contributed by atoms with E-state index in [4.69, 9.17) is 14.2 Å². The lowest BCUT2D eigenvalue weighted by molar-refractivity contribution is -0.137. The third-order valence-electron chi connectivity index (χ3n) is 10.0. The maximum Gasteiger partial charge on any atom is 0.343 e. The van der Waals surface area contributed by atoms with Crippen molar-refractivity contribution in [3.63, 3.8) is 0 Å². The second-order valence-electron chi connectivity index (χ2n) is 13.8. The molecule has 1 aliphatic rings. The van der Waals surface area contributed by atoms with Crippen molar-refractivity contribution >= 4 is 47.4 Å². The fourth-order valence-electron chi connectivity index (χ4n) is 6.94. The molecule has 4 aromatic carbocycles. The number of thiol groups is 1. The van der Waals surface area contributed by atoms with Gasteiger partial charge >= 0.3 is 11.9 Å². The number of rotatable bonds is 18. The summed E-state index contributed by atoms with van der Waals surface area (Å²) in [4.78, 5) is 24.6. The standard InChI is InChI=1S/C45H48N4O5S/c1-2-43(50)53-27-7-6-26-52-40-23-20-34(21-24-40)33-16-18-36(19-17-33)45(51)54-42-25-22-37(35-14-12-32(13-15-35)9-5-8-28-55)29-39(42)31-47-49-44-41-11-4-3-10-38(41)30-46-48-44/h2-4,10-11,16-25,29-32,35,55H,1,5-9,12-15,26-28H2,(H,48,49)/b47-31+. The van der Waals surface area contributed by atoms with Crippen molar-refractivity contribution in [3.8, 4) is 22.6 Å². The van der Waals surface area contributed by atoms with Gasteiger partial charge in [0.05, 0.1) is 31.2 Å². The molecule has 0 amide bonds. The number of hydrazone groups is 1. The zero-order valence-corrected chi connectivity index (χ0v) is 32.0. The Kier molecular flexibility index (Phi) is 14.5. The van der Waals surface area contributed by atoms with Crippen LogP contribution in [0, 0.1) is 5.92 Å². The molecule has 1 N–H and O–H groups in total. The van der Waals surface area contributed by atoms with Gasteiger partial charge in [-0.1, -0.05) is 74.0 Å². The van der Waals surface area contributed by atoms with E-state index in [1.807, 2.05) is 66.7 Å². The third-order valence-corrected chi connectivity index (χ3v) is 10.4. The highest BCUT2D eigenvalue weighted by Crippen LogP contribution is 2.39. The molecule has 55 heavy (non-hydrogen) atoms. The monoisotopic (exact) mass is 756 g/mol. The van der Waals surface area contributed by atoms with Gasteiger partial charge in [-0.2, -0.15) is 22.8 Å². The minimum Gasteiger partial charge on any atom is -0.494 e. The number of ether oxygens (including phenoxy) is 3. The number of nitrogens with zero attached hydrogens (tertiary/aromatic N) is 3. The summed E-state index contributed by atoms with van der Waals surface area (Å²) in [5.74, 6) is 3.05. The number of carbonyl (C=O) groups is 2. The van der Waals surface area contributed by atoms with Crippen molar-refractivity contribution < 1.29 is 23.8 Å². The lowest BCUT2D eigenvalue weighted by atomic mass is 9.77. The van der Waals surface area contributed by atoms with E-state index in [0.29, 0.717) is 48.2 Å². The van der Waals surface area contributed by atoms with Gasteiger partial charge in [0.2, 0.25) is 0 Å². The molecule has 9 nitrogen and oxygen atoms in total. The Morgan fingerprint density at radius 3 is 2.38 bits per heavy atom. The van der Waals surface area contributed by atoms with Gasteiger partial charge in [-0.3, -0.25) is 5.43 Å². The molecule has 0 radical (unpaired) electrons. The molecule has 0 spiro atoms. The smallest absolute Gasteiger partial charge is 0.343 e. The molecule has 284 valence electrons. The van der Waals surface area contributed by atoms with Gasteiger partial charge in [-0.15, -0.1) is 5.10 Å². The van der Waals surface area contributed by atoms with Crippen molar-refractivity contribution in [1.82, 2.24) is 10.2 Å². The van der Waals surface area contributed by atoms with E-state index in [2.05, 4.69) is 52.1 Å². The highest BCUT2D eigenvalue weighted by molar-refractivity contribution is 7.80. The van der Waals surface area contributed by atoms with E-state index < -0.39 is 11.9 Å². The molecule has 1 aromatic heterocycles. The summed E-state index contributed by atoms with van der Waals surface area (Å²) in [5.41, 5.74) is 7.38. The summed E-state index contributed by atoms with van der Waals surface area (Å²) in [7, 11) is 0. The minimum absolute atomic E-state index is 0.344. The van der Waals surface area contributed by atoms with Gasteiger partial charge in [-0.05, 0) is 116 Å². The number of esters is 2. The average Bonchev–Trinajstić information content (AvgIpc) is 3.23. The van der Waals surface area contributed by atoms with Crippen LogP contribution in [0.15, 0.2) is 115 Å². The fraction of sp³-hybridized carbons (Fsp3) is 0.311. The van der Waals surface area contributed by atoms with Gasteiger partial charge in [-0.25, -0.2) is 9.59 Å². The molecule has 0 unspecified atom stereocenters. The van der Waals surface area contributed by atoms with E-state index in [1.54, 1.807) is 24.5 Å². The van der Waals surface area contributed by atoms with Crippen LogP contribution in [0.2, 0.25) is 0 Å². The number of hydrogen-bond donors (Lipinski definition) is 2. The maximum absolute atomic E-state index is 13.5. The van der Waals surface area contributed by atoms with E-state index in [1.165, 1.54) is 37.7 Å². The van der Waals surface area contributed by atoms with E-state index >= 15 is 0 Å². The van der Waals surface area contributed by atoms with Crippen LogP contribution in [0.4, 0.5) is 5.82 Å². The quantitative estimate of drug-likeness (QED) is 0.0173. The molecule has 1 fully saturated rings. The molecule has 1 heterocycles. The summed E-state index contributed by atoms with van der Waals surface area (Å²) in [5, 5.41) is 14.8. The molecule has 0 bridgehead atoms. The van der Waals surface area contributed by atoms with Gasteiger partial charge in [0.25, 0.3) is 0 Å². The molecular weight excluding hydrogens is 709 g/mol. The zero-order chi connectivity index (χ0) is 38.2. The number of aromatic nitrogens is 2. The molecule has 0 aliphatic heterocycles. The highest BCUT2D eigenvalue weighted by atomic mass is 32.1. The number of carbonyl (C=O) groups excluding carboxylic acids is 2. The SMILES string of the molecule is C=CC(=O)OCCCCOc1ccc(-c2ccc(C(=O)Oc3ccc(C4CCC(CCCCS)CC4)cc3/C=N/Nc3nncc4ccccc34)cc2)cc1. The van der Waals surface area contributed by atoms with E-state index in [0.717, 1.165) is 64.7 Å². The van der Waals surface area contributed by atoms with Crippen LogP contribution in [0.3, 0.4) is 0 Å². The fourth-order valence-corrected chi connectivity index (χ4v) is 7.17. The number of fused-ring (bicyclic) bond motifs is 1. The molecule has 1 saturated carbocycles. The first kappa shape index (κ1) is 39.2. The van der Waals surface area contributed by atoms with Gasteiger partial charge in [0.1, 0.15) is 11.5 Å². The first-order valence-electron chi connectivity index (χ1n) is 19.1. The van der Waals surface area contributed by atoms with Gasteiger partial charge < -0.3 is 14.2 Å². The lowest BCUT2D eigenvalue weighted by Crippen LogP contribution is -2.14. The van der Waals surface area contributed by atoms with Crippen molar-refractivity contribution in [3.05, 3.63) is 127 Å². The van der Waals surface area contributed by atoms with Crippen molar-refractivity contribution in [1.29, 1.82) is 0 Å². The predicted molar refractivity (Wildman–Crippen MR) is 222 cm³/mol. The topological polar surface area (TPSA) is 112 Å². The molecule has 6 rings (SSSR count). The molecule has 0 atom stereocenters. The first-order valence-corrected chi connectivity index (χ1v) is 19.7. The highest BCUT2D eigenvalue weighted by Gasteiger charge is 2.23. The molecule has 0 saturated heterocycles. The van der Waals surface area contributed by atoms with E-state index in [9.17, 15) is 9.59 Å². The Balaban J connectivity index is 1.10.